The van der Waals surface area contributed by atoms with Crippen LogP contribution in [0.2, 0.25) is 0 Å². The van der Waals surface area contributed by atoms with Crippen LogP contribution < -0.4 is 0 Å². The fourth-order valence-electron chi connectivity index (χ4n) is 4.09. The van der Waals surface area contributed by atoms with Crippen molar-refractivity contribution in [1.82, 2.24) is 0 Å². The summed E-state index contributed by atoms with van der Waals surface area (Å²) in [7, 11) is 0. The quantitative estimate of drug-likeness (QED) is 0.572. The minimum atomic E-state index is 0.518. The highest BCUT2D eigenvalue weighted by Gasteiger charge is 2.32. The van der Waals surface area contributed by atoms with E-state index < -0.39 is 0 Å². The molecule has 118 valence electrons. The van der Waals surface area contributed by atoms with Crippen LogP contribution >= 0.6 is 0 Å². The highest BCUT2D eigenvalue weighted by molar-refractivity contribution is 5.94. The van der Waals surface area contributed by atoms with Crippen molar-refractivity contribution < 1.29 is 0 Å². The van der Waals surface area contributed by atoms with E-state index in [4.69, 9.17) is 0 Å². The average Bonchev–Trinajstić information content (AvgIpc) is 2.96. The number of benzene rings is 2. The van der Waals surface area contributed by atoms with Gasteiger partial charge in [-0.3, -0.25) is 0 Å². The maximum Gasteiger partial charge on any atom is 0.0104 e. The van der Waals surface area contributed by atoms with Crippen LogP contribution in [0.15, 0.2) is 71.8 Å². The van der Waals surface area contributed by atoms with Crippen LogP contribution in [0.3, 0.4) is 0 Å². The Morgan fingerprint density at radius 1 is 0.609 bits per heavy atom. The lowest BCUT2D eigenvalue weighted by Gasteiger charge is -2.19. The normalized spacial score (nSPS) is 15.6. The molecule has 0 spiro atoms. The zero-order chi connectivity index (χ0) is 16.2. The summed E-state index contributed by atoms with van der Waals surface area (Å²) in [5.41, 5.74) is 9.06. The SMILES string of the molecule is CCC1=C(c2ccccc2)C(CC)C(c2ccccc2)=C1CC. The lowest BCUT2D eigenvalue weighted by molar-refractivity contribution is 0.815. The summed E-state index contributed by atoms with van der Waals surface area (Å²) < 4.78 is 0. The Balaban J connectivity index is 2.19. The molecule has 0 radical (unpaired) electrons. The van der Waals surface area contributed by atoms with Gasteiger partial charge in [0.15, 0.2) is 0 Å². The molecule has 0 heterocycles. The van der Waals surface area contributed by atoms with Gasteiger partial charge in [-0.2, -0.15) is 0 Å². The summed E-state index contributed by atoms with van der Waals surface area (Å²) in [6.45, 7) is 6.92. The van der Waals surface area contributed by atoms with Gasteiger partial charge in [0.1, 0.15) is 0 Å². The van der Waals surface area contributed by atoms with E-state index >= 15 is 0 Å². The monoisotopic (exact) mass is 302 g/mol. The van der Waals surface area contributed by atoms with E-state index in [0.29, 0.717) is 5.92 Å². The molecule has 0 bridgehead atoms. The molecule has 3 rings (SSSR count). The second kappa shape index (κ2) is 7.00. The van der Waals surface area contributed by atoms with E-state index in [2.05, 4.69) is 81.4 Å². The number of hydrogen-bond donors (Lipinski definition) is 0. The summed E-state index contributed by atoms with van der Waals surface area (Å²) in [4.78, 5) is 0. The van der Waals surface area contributed by atoms with Gasteiger partial charge >= 0.3 is 0 Å². The molecular formula is C23H26. The van der Waals surface area contributed by atoms with Gasteiger partial charge in [-0.25, -0.2) is 0 Å². The maximum absolute atomic E-state index is 2.32. The Morgan fingerprint density at radius 3 is 1.30 bits per heavy atom. The third-order valence-corrected chi connectivity index (χ3v) is 5.00. The van der Waals surface area contributed by atoms with E-state index in [0.717, 1.165) is 19.3 Å². The Kier molecular flexibility index (Phi) is 4.81. The van der Waals surface area contributed by atoms with Crippen LogP contribution in [0.5, 0.6) is 0 Å². The lowest BCUT2D eigenvalue weighted by atomic mass is 9.84. The summed E-state index contributed by atoms with van der Waals surface area (Å²) in [5.74, 6) is 0.518. The highest BCUT2D eigenvalue weighted by Crippen LogP contribution is 2.50. The number of rotatable bonds is 5. The molecule has 0 aliphatic heterocycles. The van der Waals surface area contributed by atoms with Crippen molar-refractivity contribution in [3.8, 4) is 0 Å². The van der Waals surface area contributed by atoms with Crippen LogP contribution in [-0.2, 0) is 0 Å². The summed E-state index contributed by atoms with van der Waals surface area (Å²) in [6.07, 6.45) is 3.38. The van der Waals surface area contributed by atoms with E-state index in [1.165, 1.54) is 11.1 Å². The molecule has 0 amide bonds. The highest BCUT2D eigenvalue weighted by atomic mass is 14.4. The molecule has 0 saturated carbocycles. The van der Waals surface area contributed by atoms with E-state index in [-0.39, 0.29) is 0 Å². The molecule has 0 nitrogen and oxygen atoms in total. The largest absolute Gasteiger partial charge is 0.0645 e. The first-order valence-electron chi connectivity index (χ1n) is 8.89. The second-order valence-electron chi connectivity index (χ2n) is 6.18. The number of hydrogen-bond acceptors (Lipinski definition) is 0. The molecule has 0 atom stereocenters. The predicted molar refractivity (Wildman–Crippen MR) is 101 cm³/mol. The molecule has 23 heavy (non-hydrogen) atoms. The van der Waals surface area contributed by atoms with Gasteiger partial charge in [0.25, 0.3) is 0 Å². The van der Waals surface area contributed by atoms with Crippen molar-refractivity contribution in [3.63, 3.8) is 0 Å². The molecule has 0 N–H and O–H groups in total. The van der Waals surface area contributed by atoms with E-state index in [9.17, 15) is 0 Å². The van der Waals surface area contributed by atoms with Gasteiger partial charge in [-0.15, -0.1) is 0 Å². The molecule has 1 aliphatic carbocycles. The Morgan fingerprint density at radius 2 is 1.00 bits per heavy atom. The van der Waals surface area contributed by atoms with Gasteiger partial charge in [0.05, 0.1) is 0 Å². The fourth-order valence-corrected chi connectivity index (χ4v) is 4.09. The minimum Gasteiger partial charge on any atom is -0.0645 e. The van der Waals surface area contributed by atoms with Crippen LogP contribution in [0.1, 0.15) is 51.2 Å². The fraction of sp³-hybridized carbons (Fsp3) is 0.304. The average molecular weight is 302 g/mol. The van der Waals surface area contributed by atoms with Gasteiger partial charge in [0, 0.05) is 5.92 Å². The first kappa shape index (κ1) is 15.8. The van der Waals surface area contributed by atoms with Crippen molar-refractivity contribution >= 4 is 11.1 Å². The molecule has 0 heteroatoms. The van der Waals surface area contributed by atoms with Crippen molar-refractivity contribution in [2.75, 3.05) is 0 Å². The molecule has 1 aliphatic rings. The minimum absolute atomic E-state index is 0.518. The molecule has 2 aromatic carbocycles. The molecule has 0 fully saturated rings. The molecule has 0 saturated heterocycles. The molecular weight excluding hydrogens is 276 g/mol. The molecule has 2 aromatic rings. The zero-order valence-corrected chi connectivity index (χ0v) is 14.5. The molecule has 0 unspecified atom stereocenters. The van der Waals surface area contributed by atoms with Gasteiger partial charge in [0.2, 0.25) is 0 Å². The maximum atomic E-state index is 2.32. The van der Waals surface area contributed by atoms with Crippen molar-refractivity contribution in [2.24, 2.45) is 5.92 Å². The first-order chi connectivity index (χ1) is 11.3. The standard InChI is InChI=1S/C23H26/c1-4-19-20(5-2)23(18-15-11-8-12-16-18)21(6-3)22(19)17-13-9-7-10-14-17/h7-16,21H,4-6H2,1-3H3. The van der Waals surface area contributed by atoms with Crippen LogP contribution in [-0.4, -0.2) is 0 Å². The lowest BCUT2D eigenvalue weighted by Crippen LogP contribution is -2.03. The topological polar surface area (TPSA) is 0 Å². The first-order valence-corrected chi connectivity index (χ1v) is 8.89. The Bertz CT molecular complexity index is 654. The zero-order valence-electron chi connectivity index (χ0n) is 14.5. The summed E-state index contributed by atoms with van der Waals surface area (Å²) in [5, 5.41) is 0. The third kappa shape index (κ3) is 2.79. The number of allylic oxidation sites excluding steroid dienone is 4. The van der Waals surface area contributed by atoms with Gasteiger partial charge in [-0.05, 0) is 52.7 Å². The summed E-state index contributed by atoms with van der Waals surface area (Å²) in [6, 6.07) is 22.0. The van der Waals surface area contributed by atoms with Crippen molar-refractivity contribution in [1.29, 1.82) is 0 Å². The Labute approximate surface area is 140 Å². The third-order valence-electron chi connectivity index (χ3n) is 5.00. The van der Waals surface area contributed by atoms with E-state index in [1.807, 2.05) is 0 Å². The van der Waals surface area contributed by atoms with Crippen molar-refractivity contribution in [2.45, 2.75) is 40.0 Å². The Hall–Kier alpha value is -2.08. The second-order valence-corrected chi connectivity index (χ2v) is 6.18. The van der Waals surface area contributed by atoms with Crippen LogP contribution in [0.25, 0.3) is 11.1 Å². The summed E-state index contributed by atoms with van der Waals surface area (Å²) >= 11 is 0. The van der Waals surface area contributed by atoms with Crippen molar-refractivity contribution in [3.05, 3.63) is 82.9 Å². The van der Waals surface area contributed by atoms with Crippen LogP contribution in [0, 0.1) is 5.92 Å². The predicted octanol–water partition coefficient (Wildman–Crippen LogP) is 6.75. The van der Waals surface area contributed by atoms with Crippen LogP contribution in [0.4, 0.5) is 0 Å². The van der Waals surface area contributed by atoms with Gasteiger partial charge < -0.3 is 0 Å². The molecule has 0 aromatic heterocycles. The van der Waals surface area contributed by atoms with E-state index in [1.54, 1.807) is 22.3 Å². The van der Waals surface area contributed by atoms with Gasteiger partial charge in [-0.1, -0.05) is 81.4 Å². The smallest absolute Gasteiger partial charge is 0.0104 e.